The molecule has 2 heterocycles. The maximum atomic E-state index is 12.8. The summed E-state index contributed by atoms with van der Waals surface area (Å²) in [6, 6.07) is 6.91. The maximum absolute atomic E-state index is 12.8. The van der Waals surface area contributed by atoms with Gasteiger partial charge in [-0.25, -0.2) is 8.42 Å². The van der Waals surface area contributed by atoms with Crippen molar-refractivity contribution in [2.75, 3.05) is 27.2 Å². The largest absolute Gasteiger partial charge is 0.358 e. The standard InChI is InChI=1S/C16H23N3O3S/c1-11-4-6-13(7-5-11)23(21,22)19-9-12-8-14(16(20)17-2)18(3)15(12)10-19/h4-7,12,14-15H,8-10H2,1-3H3,(H,17,20)/t12-,14-,15+/m1/s1. The first kappa shape index (κ1) is 16.4. The second-order valence-electron chi connectivity index (χ2n) is 6.49. The number of benzene rings is 1. The van der Waals surface area contributed by atoms with E-state index in [1.165, 1.54) is 0 Å². The first-order valence-corrected chi connectivity index (χ1v) is 9.29. The van der Waals surface area contributed by atoms with Gasteiger partial charge in [0.2, 0.25) is 15.9 Å². The number of fused-ring (bicyclic) bond motifs is 1. The third-order valence-electron chi connectivity index (χ3n) is 5.12. The van der Waals surface area contributed by atoms with Crippen LogP contribution in [0.25, 0.3) is 0 Å². The van der Waals surface area contributed by atoms with E-state index >= 15 is 0 Å². The Hall–Kier alpha value is -1.44. The minimum absolute atomic E-state index is 0.00911. The van der Waals surface area contributed by atoms with Crippen molar-refractivity contribution in [1.82, 2.24) is 14.5 Å². The topological polar surface area (TPSA) is 69.7 Å². The van der Waals surface area contributed by atoms with Gasteiger partial charge in [-0.2, -0.15) is 4.31 Å². The number of hydrogen-bond acceptors (Lipinski definition) is 4. The first-order chi connectivity index (χ1) is 10.8. The highest BCUT2D eigenvalue weighted by atomic mass is 32.2. The average molecular weight is 337 g/mol. The van der Waals surface area contributed by atoms with Gasteiger partial charge in [-0.05, 0) is 38.4 Å². The van der Waals surface area contributed by atoms with Crippen molar-refractivity contribution in [1.29, 1.82) is 0 Å². The van der Waals surface area contributed by atoms with Crippen molar-refractivity contribution in [2.45, 2.75) is 30.3 Å². The Balaban J connectivity index is 1.77. The number of sulfonamides is 1. The molecule has 0 spiro atoms. The summed E-state index contributed by atoms with van der Waals surface area (Å²) >= 11 is 0. The van der Waals surface area contributed by atoms with E-state index in [2.05, 4.69) is 5.32 Å². The van der Waals surface area contributed by atoms with Crippen LogP contribution >= 0.6 is 0 Å². The Labute approximate surface area is 137 Å². The molecule has 0 saturated carbocycles. The number of aryl methyl sites for hydroxylation is 1. The summed E-state index contributed by atoms with van der Waals surface area (Å²) in [5.74, 6) is 0.220. The zero-order valence-electron chi connectivity index (χ0n) is 13.7. The average Bonchev–Trinajstić information content (AvgIpc) is 3.07. The van der Waals surface area contributed by atoms with Gasteiger partial charge in [0.15, 0.2) is 0 Å². The number of likely N-dealkylation sites (N-methyl/N-ethyl adjacent to an activating group) is 2. The zero-order chi connectivity index (χ0) is 16.8. The predicted molar refractivity (Wildman–Crippen MR) is 87.5 cm³/mol. The molecule has 0 radical (unpaired) electrons. The van der Waals surface area contributed by atoms with Crippen molar-refractivity contribution in [2.24, 2.45) is 5.92 Å². The number of likely N-dealkylation sites (tertiary alicyclic amines) is 1. The summed E-state index contributed by atoms with van der Waals surface area (Å²) in [5, 5.41) is 2.69. The minimum Gasteiger partial charge on any atom is -0.358 e. The second-order valence-corrected chi connectivity index (χ2v) is 8.43. The Morgan fingerprint density at radius 1 is 1.22 bits per heavy atom. The van der Waals surface area contributed by atoms with Crippen LogP contribution in [0.3, 0.4) is 0 Å². The van der Waals surface area contributed by atoms with Crippen LogP contribution in [0.5, 0.6) is 0 Å². The lowest BCUT2D eigenvalue weighted by Crippen LogP contribution is -2.45. The Bertz CT molecular complexity index is 702. The molecule has 0 unspecified atom stereocenters. The Morgan fingerprint density at radius 3 is 2.43 bits per heavy atom. The van der Waals surface area contributed by atoms with Crippen molar-refractivity contribution in [3.63, 3.8) is 0 Å². The Morgan fingerprint density at radius 2 is 1.87 bits per heavy atom. The number of nitrogens with zero attached hydrogens (tertiary/aromatic N) is 2. The van der Waals surface area contributed by atoms with Crippen LogP contribution in [-0.2, 0) is 14.8 Å². The van der Waals surface area contributed by atoms with Crippen LogP contribution < -0.4 is 5.32 Å². The molecule has 1 N–H and O–H groups in total. The van der Waals surface area contributed by atoms with Gasteiger partial charge >= 0.3 is 0 Å². The van der Waals surface area contributed by atoms with Gasteiger partial charge < -0.3 is 5.32 Å². The molecule has 2 fully saturated rings. The van der Waals surface area contributed by atoms with Crippen molar-refractivity contribution >= 4 is 15.9 Å². The van der Waals surface area contributed by atoms with Crippen molar-refractivity contribution in [3.8, 4) is 0 Å². The molecule has 1 amide bonds. The predicted octanol–water partition coefficient (Wildman–Crippen LogP) is 0.434. The van der Waals surface area contributed by atoms with Crippen LogP contribution in [0.15, 0.2) is 29.2 Å². The molecule has 6 nitrogen and oxygen atoms in total. The normalized spacial score (nSPS) is 28.7. The number of hydrogen-bond donors (Lipinski definition) is 1. The fraction of sp³-hybridized carbons (Fsp3) is 0.562. The summed E-state index contributed by atoms with van der Waals surface area (Å²) in [5.41, 5.74) is 1.04. The summed E-state index contributed by atoms with van der Waals surface area (Å²) in [6.45, 7) is 2.87. The van der Waals surface area contributed by atoms with E-state index in [-0.39, 0.29) is 23.9 Å². The SMILES string of the molecule is CNC(=O)[C@H]1C[C@@H]2CN(S(=O)(=O)c3ccc(C)cc3)C[C@@H]2N1C. The third kappa shape index (κ3) is 2.77. The molecular formula is C16H23N3O3S. The fourth-order valence-electron chi connectivity index (χ4n) is 3.71. The van der Waals surface area contributed by atoms with Gasteiger partial charge in [0.25, 0.3) is 0 Å². The summed E-state index contributed by atoms with van der Waals surface area (Å²) in [7, 11) is 0.0885. The minimum atomic E-state index is -3.46. The number of rotatable bonds is 3. The summed E-state index contributed by atoms with van der Waals surface area (Å²) in [4.78, 5) is 14.3. The molecule has 7 heteroatoms. The summed E-state index contributed by atoms with van der Waals surface area (Å²) in [6.07, 6.45) is 0.709. The van der Waals surface area contributed by atoms with E-state index in [1.54, 1.807) is 23.5 Å². The molecule has 0 bridgehead atoms. The fourth-order valence-corrected chi connectivity index (χ4v) is 5.22. The molecule has 2 saturated heterocycles. The molecule has 0 aliphatic carbocycles. The maximum Gasteiger partial charge on any atom is 0.243 e. The number of amides is 1. The molecule has 1 aromatic carbocycles. The lowest BCUT2D eigenvalue weighted by molar-refractivity contribution is -0.125. The van der Waals surface area contributed by atoms with Gasteiger partial charge in [0.1, 0.15) is 0 Å². The van der Waals surface area contributed by atoms with E-state index in [9.17, 15) is 13.2 Å². The van der Waals surface area contributed by atoms with Crippen LogP contribution in [0, 0.1) is 12.8 Å². The molecule has 2 aliphatic heterocycles. The second kappa shape index (κ2) is 5.89. The van der Waals surface area contributed by atoms with E-state index in [0.29, 0.717) is 24.4 Å². The highest BCUT2D eigenvalue weighted by Gasteiger charge is 2.49. The quantitative estimate of drug-likeness (QED) is 0.869. The van der Waals surface area contributed by atoms with Crippen molar-refractivity contribution < 1.29 is 13.2 Å². The number of carbonyl (C=O) groups excluding carboxylic acids is 1. The smallest absolute Gasteiger partial charge is 0.243 e. The van der Waals surface area contributed by atoms with E-state index in [4.69, 9.17) is 0 Å². The molecule has 0 aromatic heterocycles. The molecule has 126 valence electrons. The van der Waals surface area contributed by atoms with Gasteiger partial charge in [-0.3, -0.25) is 9.69 Å². The van der Waals surface area contributed by atoms with Gasteiger partial charge in [0, 0.05) is 26.2 Å². The van der Waals surface area contributed by atoms with Crippen molar-refractivity contribution in [3.05, 3.63) is 29.8 Å². The van der Waals surface area contributed by atoms with Crippen LogP contribution in [0.1, 0.15) is 12.0 Å². The van der Waals surface area contributed by atoms with Gasteiger partial charge in [0.05, 0.1) is 10.9 Å². The van der Waals surface area contributed by atoms with E-state index < -0.39 is 10.0 Å². The van der Waals surface area contributed by atoms with Gasteiger partial charge in [-0.15, -0.1) is 0 Å². The summed E-state index contributed by atoms with van der Waals surface area (Å²) < 4.78 is 27.1. The zero-order valence-corrected chi connectivity index (χ0v) is 14.5. The number of carbonyl (C=O) groups is 1. The molecule has 3 atom stereocenters. The molecule has 1 aromatic rings. The highest BCUT2D eigenvalue weighted by Crippen LogP contribution is 2.36. The first-order valence-electron chi connectivity index (χ1n) is 7.85. The Kier molecular flexibility index (Phi) is 4.20. The lowest BCUT2D eigenvalue weighted by atomic mass is 10.0. The highest BCUT2D eigenvalue weighted by molar-refractivity contribution is 7.89. The molecule has 23 heavy (non-hydrogen) atoms. The van der Waals surface area contributed by atoms with Crippen LogP contribution in [0.2, 0.25) is 0 Å². The third-order valence-corrected chi connectivity index (χ3v) is 6.97. The lowest BCUT2D eigenvalue weighted by Gasteiger charge is -2.25. The van der Waals surface area contributed by atoms with Crippen LogP contribution in [0.4, 0.5) is 0 Å². The monoisotopic (exact) mass is 337 g/mol. The molecule has 2 aliphatic rings. The van der Waals surface area contributed by atoms with Gasteiger partial charge in [-0.1, -0.05) is 17.7 Å². The van der Waals surface area contributed by atoms with E-state index in [0.717, 1.165) is 5.56 Å². The molecule has 3 rings (SSSR count). The number of nitrogens with one attached hydrogen (secondary N) is 1. The molecular weight excluding hydrogens is 314 g/mol. The van der Waals surface area contributed by atoms with Crippen LogP contribution in [-0.4, -0.2) is 62.8 Å². The van der Waals surface area contributed by atoms with E-state index in [1.807, 2.05) is 31.0 Å².